The highest BCUT2D eigenvalue weighted by molar-refractivity contribution is 8.00. The molecule has 1 fully saturated rings. The first kappa shape index (κ1) is 16.6. The molecule has 0 aromatic heterocycles. The van der Waals surface area contributed by atoms with E-state index in [1.165, 1.54) is 23.9 Å². The smallest absolute Gasteiger partial charge is 0.232 e. The number of carbonyl (C=O) groups excluding carboxylic acids is 1. The maximum Gasteiger partial charge on any atom is 0.232 e. The van der Waals surface area contributed by atoms with E-state index in [4.69, 9.17) is 11.6 Å². The zero-order valence-corrected chi connectivity index (χ0v) is 13.9. The average molecular weight is 331 g/mol. The quantitative estimate of drug-likeness (QED) is 0.792. The molecule has 1 aromatic rings. The Morgan fingerprint density at radius 1 is 1.48 bits per heavy atom. The average Bonchev–Trinajstić information content (AvgIpc) is 2.46. The van der Waals surface area contributed by atoms with Crippen LogP contribution in [0.4, 0.5) is 4.39 Å². The van der Waals surface area contributed by atoms with Gasteiger partial charge < -0.3 is 9.80 Å². The van der Waals surface area contributed by atoms with Gasteiger partial charge in [0.1, 0.15) is 5.82 Å². The van der Waals surface area contributed by atoms with E-state index < -0.39 is 0 Å². The molecule has 0 radical (unpaired) electrons. The number of halogens is 2. The Labute approximate surface area is 134 Å². The summed E-state index contributed by atoms with van der Waals surface area (Å²) in [6.07, 6.45) is 2.03. The summed E-state index contributed by atoms with van der Waals surface area (Å²) in [6.45, 7) is 2.05. The molecule has 0 spiro atoms. The van der Waals surface area contributed by atoms with Gasteiger partial charge in [-0.15, -0.1) is 11.8 Å². The number of hydrogen-bond acceptors (Lipinski definition) is 3. The molecule has 0 bridgehead atoms. The normalized spacial score (nSPS) is 17.0. The lowest BCUT2D eigenvalue weighted by Crippen LogP contribution is -2.45. The third-order valence-corrected chi connectivity index (χ3v) is 5.36. The lowest BCUT2D eigenvalue weighted by molar-refractivity contribution is -0.129. The largest absolute Gasteiger partial charge is 0.342 e. The van der Waals surface area contributed by atoms with Crippen molar-refractivity contribution in [3.63, 3.8) is 0 Å². The number of benzene rings is 1. The van der Waals surface area contributed by atoms with Crippen LogP contribution in [0.25, 0.3) is 0 Å². The van der Waals surface area contributed by atoms with Gasteiger partial charge in [-0.05, 0) is 51.2 Å². The van der Waals surface area contributed by atoms with Crippen LogP contribution in [0, 0.1) is 5.82 Å². The Morgan fingerprint density at radius 2 is 2.14 bits per heavy atom. The van der Waals surface area contributed by atoms with Gasteiger partial charge in [-0.2, -0.15) is 0 Å². The number of carbonyl (C=O) groups is 1. The monoisotopic (exact) mass is 330 g/mol. The van der Waals surface area contributed by atoms with Crippen molar-refractivity contribution >= 4 is 29.3 Å². The molecule has 0 N–H and O–H groups in total. The number of hydrogen-bond donors (Lipinski definition) is 0. The number of nitrogens with zero attached hydrogens (tertiary/aromatic N) is 2. The van der Waals surface area contributed by atoms with Crippen LogP contribution in [-0.4, -0.2) is 54.7 Å². The Hall–Kier alpha value is -0.780. The van der Waals surface area contributed by atoms with Crippen LogP contribution in [0.5, 0.6) is 0 Å². The van der Waals surface area contributed by atoms with Gasteiger partial charge in [-0.3, -0.25) is 4.79 Å². The number of thioether (sulfide) groups is 1. The maximum atomic E-state index is 13.0. The summed E-state index contributed by atoms with van der Waals surface area (Å²) in [7, 11) is 3.97. The lowest BCUT2D eigenvalue weighted by Gasteiger charge is -2.35. The van der Waals surface area contributed by atoms with Crippen LogP contribution in [-0.2, 0) is 4.79 Å². The van der Waals surface area contributed by atoms with Crippen LogP contribution >= 0.6 is 23.4 Å². The third-order valence-electron chi connectivity index (χ3n) is 3.87. The zero-order chi connectivity index (χ0) is 15.4. The second-order valence-corrected chi connectivity index (χ2v) is 6.83. The zero-order valence-electron chi connectivity index (χ0n) is 12.3. The first-order valence-electron chi connectivity index (χ1n) is 6.99. The summed E-state index contributed by atoms with van der Waals surface area (Å²) in [5.74, 6) is 0.0582. The Balaban J connectivity index is 1.86. The van der Waals surface area contributed by atoms with E-state index in [2.05, 4.69) is 11.9 Å². The van der Waals surface area contributed by atoms with Crippen molar-refractivity contribution in [2.24, 2.45) is 0 Å². The van der Waals surface area contributed by atoms with Gasteiger partial charge in [0.05, 0.1) is 10.8 Å². The molecule has 1 saturated heterocycles. The van der Waals surface area contributed by atoms with Gasteiger partial charge in [-0.25, -0.2) is 4.39 Å². The molecular weight excluding hydrogens is 311 g/mol. The number of amides is 1. The minimum absolute atomic E-state index is 0.0925. The molecule has 1 aliphatic rings. The summed E-state index contributed by atoms with van der Waals surface area (Å²) < 4.78 is 13.0. The number of likely N-dealkylation sites (tertiary alicyclic amines) is 1. The fourth-order valence-electron chi connectivity index (χ4n) is 2.42. The van der Waals surface area contributed by atoms with E-state index >= 15 is 0 Å². The van der Waals surface area contributed by atoms with E-state index in [9.17, 15) is 9.18 Å². The van der Waals surface area contributed by atoms with Crippen molar-refractivity contribution in [3.8, 4) is 0 Å². The van der Waals surface area contributed by atoms with Gasteiger partial charge in [-0.1, -0.05) is 11.6 Å². The first-order valence-corrected chi connectivity index (χ1v) is 8.36. The summed E-state index contributed by atoms with van der Waals surface area (Å²) in [6, 6.07) is 4.57. The van der Waals surface area contributed by atoms with E-state index in [-0.39, 0.29) is 11.7 Å². The van der Waals surface area contributed by atoms with Crippen molar-refractivity contribution in [2.45, 2.75) is 23.8 Å². The van der Waals surface area contributed by atoms with E-state index in [0.717, 1.165) is 30.8 Å². The van der Waals surface area contributed by atoms with Crippen LogP contribution < -0.4 is 0 Å². The molecule has 1 aliphatic heterocycles. The molecule has 116 valence electrons. The molecule has 1 heterocycles. The van der Waals surface area contributed by atoms with Crippen LogP contribution in [0.2, 0.25) is 5.02 Å². The van der Waals surface area contributed by atoms with Crippen molar-refractivity contribution in [1.82, 2.24) is 9.80 Å². The van der Waals surface area contributed by atoms with Crippen molar-refractivity contribution < 1.29 is 9.18 Å². The predicted octanol–water partition coefficient (Wildman–Crippen LogP) is 3.12. The summed E-state index contributed by atoms with van der Waals surface area (Å²) in [5.41, 5.74) is 0. The molecule has 21 heavy (non-hydrogen) atoms. The highest BCUT2D eigenvalue weighted by Gasteiger charge is 2.23. The van der Waals surface area contributed by atoms with Crippen LogP contribution in [0.3, 0.4) is 0 Å². The van der Waals surface area contributed by atoms with Crippen LogP contribution in [0.15, 0.2) is 23.1 Å². The molecule has 0 atom stereocenters. The topological polar surface area (TPSA) is 23.6 Å². The molecular formula is C15H20ClFN2OS. The van der Waals surface area contributed by atoms with E-state index in [1.54, 1.807) is 6.07 Å². The van der Waals surface area contributed by atoms with Gasteiger partial charge >= 0.3 is 0 Å². The molecule has 0 unspecified atom stereocenters. The van der Waals surface area contributed by atoms with Gasteiger partial charge in [0.25, 0.3) is 0 Å². The molecule has 1 aromatic carbocycles. The fourth-order valence-corrected chi connectivity index (χ4v) is 3.59. The lowest BCUT2D eigenvalue weighted by atomic mass is 10.0. The molecule has 2 rings (SSSR count). The molecule has 6 heteroatoms. The van der Waals surface area contributed by atoms with Crippen molar-refractivity contribution in [2.75, 3.05) is 32.9 Å². The van der Waals surface area contributed by atoms with Gasteiger partial charge in [0.15, 0.2) is 0 Å². The Kier molecular flexibility index (Phi) is 5.90. The number of rotatable bonds is 4. The minimum Gasteiger partial charge on any atom is -0.342 e. The first-order chi connectivity index (χ1) is 9.97. The minimum atomic E-state index is -0.362. The SMILES string of the molecule is CN1CCC(N(C)C(=O)CSc2ccc(F)cc2Cl)CC1. The third kappa shape index (κ3) is 4.59. The Morgan fingerprint density at radius 3 is 2.76 bits per heavy atom. The summed E-state index contributed by atoms with van der Waals surface area (Å²) in [4.78, 5) is 17.1. The second kappa shape index (κ2) is 7.47. The molecule has 0 aliphatic carbocycles. The van der Waals surface area contributed by atoms with Crippen molar-refractivity contribution in [1.29, 1.82) is 0 Å². The standard InChI is InChI=1S/C15H20ClFN2OS/c1-18-7-5-12(6-8-18)19(2)15(20)10-21-14-4-3-11(17)9-13(14)16/h3-4,9,12H,5-8,10H2,1-2H3. The summed E-state index contributed by atoms with van der Waals surface area (Å²) >= 11 is 7.32. The molecule has 1 amide bonds. The maximum absolute atomic E-state index is 13.0. The molecule has 0 saturated carbocycles. The summed E-state index contributed by atoms with van der Waals surface area (Å²) in [5, 5.41) is 0.356. The van der Waals surface area contributed by atoms with Crippen LogP contribution in [0.1, 0.15) is 12.8 Å². The number of piperidine rings is 1. The van der Waals surface area contributed by atoms with Gasteiger partial charge in [0, 0.05) is 18.0 Å². The van der Waals surface area contributed by atoms with Crippen molar-refractivity contribution in [3.05, 3.63) is 29.0 Å². The predicted molar refractivity (Wildman–Crippen MR) is 85.4 cm³/mol. The van der Waals surface area contributed by atoms with Gasteiger partial charge in [0.2, 0.25) is 5.91 Å². The fraction of sp³-hybridized carbons (Fsp3) is 0.533. The highest BCUT2D eigenvalue weighted by Crippen LogP contribution is 2.28. The molecule has 3 nitrogen and oxygen atoms in total. The Bertz CT molecular complexity index is 506. The second-order valence-electron chi connectivity index (χ2n) is 5.40. The van der Waals surface area contributed by atoms with E-state index in [1.807, 2.05) is 11.9 Å². The highest BCUT2D eigenvalue weighted by atomic mass is 35.5. The van der Waals surface area contributed by atoms with E-state index in [0.29, 0.717) is 16.8 Å².